The van der Waals surface area contributed by atoms with Crippen LogP contribution < -0.4 is 0 Å². The molecule has 2 aliphatic heterocycles. The van der Waals surface area contributed by atoms with Crippen molar-refractivity contribution in [1.29, 1.82) is 0 Å². The summed E-state index contributed by atoms with van der Waals surface area (Å²) in [5.41, 5.74) is 4.21. The van der Waals surface area contributed by atoms with Gasteiger partial charge in [0.25, 0.3) is 0 Å². The monoisotopic (exact) mass is 451 g/mol. The van der Waals surface area contributed by atoms with Gasteiger partial charge in [-0.2, -0.15) is 0 Å². The van der Waals surface area contributed by atoms with E-state index in [4.69, 9.17) is 0 Å². The van der Waals surface area contributed by atoms with Gasteiger partial charge in [0.15, 0.2) is 0 Å². The molecule has 3 aromatic rings. The van der Waals surface area contributed by atoms with Gasteiger partial charge >= 0.3 is 0 Å². The van der Waals surface area contributed by atoms with E-state index in [0.29, 0.717) is 13.0 Å². The first kappa shape index (κ1) is 18.4. The van der Waals surface area contributed by atoms with E-state index in [2.05, 4.69) is 33.0 Å². The maximum Gasteiger partial charge on any atom is 0.246 e. The largest absolute Gasteiger partial charge is 0.356 e. The lowest BCUT2D eigenvalue weighted by Gasteiger charge is -2.47. The van der Waals surface area contributed by atoms with Crippen molar-refractivity contribution in [2.75, 3.05) is 13.1 Å². The fourth-order valence-electron chi connectivity index (χ4n) is 4.81. The van der Waals surface area contributed by atoms with Crippen molar-refractivity contribution in [3.8, 4) is 0 Å². The lowest BCUT2D eigenvalue weighted by atomic mass is 9.86. The summed E-state index contributed by atoms with van der Waals surface area (Å²) >= 11 is 3.56. The molecule has 0 saturated carbocycles. The van der Waals surface area contributed by atoms with E-state index in [9.17, 15) is 9.59 Å². The number of para-hydroxylation sites is 1. The number of piperazine rings is 1. The van der Waals surface area contributed by atoms with Gasteiger partial charge < -0.3 is 14.8 Å². The second kappa shape index (κ2) is 7.02. The van der Waals surface area contributed by atoms with Crippen molar-refractivity contribution >= 4 is 38.6 Å². The number of nitrogens with zero attached hydrogens (tertiary/aromatic N) is 2. The number of halogens is 1. The first-order valence-corrected chi connectivity index (χ1v) is 10.8. The number of carbonyl (C=O) groups is 2. The Bertz CT molecular complexity index is 1120. The topological polar surface area (TPSA) is 56.4 Å². The predicted molar refractivity (Wildman–Crippen MR) is 115 cm³/mol. The molecule has 1 fully saturated rings. The van der Waals surface area contributed by atoms with Crippen LogP contribution in [0.2, 0.25) is 0 Å². The Hall–Kier alpha value is -2.60. The fraction of sp³-hybridized carbons (Fsp3) is 0.304. The number of amides is 2. The van der Waals surface area contributed by atoms with Crippen LogP contribution in [0.25, 0.3) is 10.9 Å². The van der Waals surface area contributed by atoms with Crippen LogP contribution in [-0.2, 0) is 16.0 Å². The number of carbonyl (C=O) groups excluding carboxylic acids is 2. The molecule has 0 bridgehead atoms. The molecule has 148 valence electrons. The summed E-state index contributed by atoms with van der Waals surface area (Å²) in [5.74, 6) is 0.0692. The van der Waals surface area contributed by atoms with E-state index in [-0.39, 0.29) is 24.4 Å². The van der Waals surface area contributed by atoms with Crippen molar-refractivity contribution in [2.24, 2.45) is 0 Å². The van der Waals surface area contributed by atoms with Gasteiger partial charge in [0, 0.05) is 34.0 Å². The molecule has 5 rings (SSSR count). The molecular weight excluding hydrogens is 430 g/mol. The summed E-state index contributed by atoms with van der Waals surface area (Å²) in [7, 11) is 0. The van der Waals surface area contributed by atoms with Crippen LogP contribution in [0.15, 0.2) is 53.0 Å². The third kappa shape index (κ3) is 2.89. The predicted octanol–water partition coefficient (Wildman–Crippen LogP) is 4.03. The molecule has 29 heavy (non-hydrogen) atoms. The van der Waals surface area contributed by atoms with Crippen LogP contribution in [0.1, 0.15) is 36.2 Å². The van der Waals surface area contributed by atoms with E-state index in [0.717, 1.165) is 38.6 Å². The van der Waals surface area contributed by atoms with Crippen LogP contribution in [0.4, 0.5) is 0 Å². The molecule has 2 aliphatic rings. The average molecular weight is 452 g/mol. The summed E-state index contributed by atoms with van der Waals surface area (Å²) in [6.07, 6.45) is 1.40. The van der Waals surface area contributed by atoms with Crippen molar-refractivity contribution in [3.63, 3.8) is 0 Å². The van der Waals surface area contributed by atoms with E-state index in [1.807, 2.05) is 48.2 Å². The van der Waals surface area contributed by atoms with E-state index in [1.54, 1.807) is 4.90 Å². The number of aromatic nitrogens is 1. The zero-order valence-corrected chi connectivity index (χ0v) is 17.8. The Morgan fingerprint density at radius 1 is 1.14 bits per heavy atom. The molecule has 0 radical (unpaired) electrons. The van der Waals surface area contributed by atoms with Crippen LogP contribution in [0.5, 0.6) is 0 Å². The Morgan fingerprint density at radius 2 is 1.97 bits per heavy atom. The molecule has 3 heterocycles. The molecular formula is C23H22BrN3O2. The van der Waals surface area contributed by atoms with Crippen molar-refractivity contribution in [1.82, 2.24) is 14.8 Å². The Morgan fingerprint density at radius 3 is 2.76 bits per heavy atom. The molecule has 0 spiro atoms. The Balaban J connectivity index is 1.72. The smallest absolute Gasteiger partial charge is 0.246 e. The second-order valence-corrected chi connectivity index (χ2v) is 8.72. The van der Waals surface area contributed by atoms with Gasteiger partial charge in [-0.15, -0.1) is 0 Å². The molecule has 1 aromatic heterocycles. The van der Waals surface area contributed by atoms with E-state index in [1.165, 1.54) is 0 Å². The maximum absolute atomic E-state index is 13.3. The number of fused-ring (bicyclic) bond motifs is 4. The fourth-order valence-corrected chi connectivity index (χ4v) is 5.22. The van der Waals surface area contributed by atoms with Crippen molar-refractivity contribution in [3.05, 3.63) is 69.8 Å². The van der Waals surface area contributed by atoms with Crippen LogP contribution in [0, 0.1) is 0 Å². The third-order valence-corrected chi connectivity index (χ3v) is 6.49. The minimum absolute atomic E-state index is 0.0114. The molecule has 5 nitrogen and oxygen atoms in total. The molecule has 2 aromatic carbocycles. The quantitative estimate of drug-likeness (QED) is 0.653. The van der Waals surface area contributed by atoms with Crippen molar-refractivity contribution < 1.29 is 9.59 Å². The zero-order chi connectivity index (χ0) is 20.1. The Kier molecular flexibility index (Phi) is 4.46. The van der Waals surface area contributed by atoms with E-state index < -0.39 is 6.04 Å². The number of H-pyrrole nitrogens is 1. The minimum atomic E-state index is -0.460. The minimum Gasteiger partial charge on any atom is -0.356 e. The van der Waals surface area contributed by atoms with Crippen molar-refractivity contribution in [2.45, 2.75) is 31.8 Å². The van der Waals surface area contributed by atoms with Gasteiger partial charge in [0.1, 0.15) is 6.04 Å². The molecule has 1 N–H and O–H groups in total. The highest BCUT2D eigenvalue weighted by molar-refractivity contribution is 9.10. The van der Waals surface area contributed by atoms with Crippen LogP contribution in [0.3, 0.4) is 0 Å². The highest BCUT2D eigenvalue weighted by Gasteiger charge is 2.47. The molecule has 0 aliphatic carbocycles. The molecule has 2 atom stereocenters. The lowest BCUT2D eigenvalue weighted by molar-refractivity contribution is -0.158. The lowest BCUT2D eigenvalue weighted by Crippen LogP contribution is -2.63. The molecule has 6 heteroatoms. The molecule has 2 amide bonds. The highest BCUT2D eigenvalue weighted by Crippen LogP contribution is 2.42. The van der Waals surface area contributed by atoms with Gasteiger partial charge in [-0.1, -0.05) is 53.2 Å². The third-order valence-electron chi connectivity index (χ3n) is 6.00. The van der Waals surface area contributed by atoms with Crippen LogP contribution in [-0.4, -0.2) is 45.7 Å². The summed E-state index contributed by atoms with van der Waals surface area (Å²) in [6.45, 7) is 2.81. The number of nitrogens with one attached hydrogen (secondary N) is 1. The summed E-state index contributed by atoms with van der Waals surface area (Å²) < 4.78 is 0.957. The normalized spacial score (nSPS) is 21.4. The summed E-state index contributed by atoms with van der Waals surface area (Å²) in [6, 6.07) is 15.4. The molecule has 1 saturated heterocycles. The van der Waals surface area contributed by atoms with Gasteiger partial charge in [0.2, 0.25) is 11.8 Å². The SMILES string of the molecule is CCCN1CC(=O)N2C(c3cccc(Br)c3)c3[nH]c4ccccc4c3C[C@H]2C1=O. The Labute approximate surface area is 177 Å². The average Bonchev–Trinajstić information content (AvgIpc) is 3.09. The zero-order valence-electron chi connectivity index (χ0n) is 16.2. The number of rotatable bonds is 3. The molecule has 1 unspecified atom stereocenters. The van der Waals surface area contributed by atoms with Crippen LogP contribution >= 0.6 is 15.9 Å². The first-order chi connectivity index (χ1) is 14.1. The van der Waals surface area contributed by atoms with E-state index >= 15 is 0 Å². The van der Waals surface area contributed by atoms with Gasteiger partial charge in [-0.3, -0.25) is 9.59 Å². The number of hydrogen-bond donors (Lipinski definition) is 1. The number of aromatic amines is 1. The first-order valence-electron chi connectivity index (χ1n) is 10.0. The highest BCUT2D eigenvalue weighted by atomic mass is 79.9. The maximum atomic E-state index is 13.3. The summed E-state index contributed by atoms with van der Waals surface area (Å²) in [5, 5.41) is 1.13. The second-order valence-electron chi connectivity index (χ2n) is 7.80. The van der Waals surface area contributed by atoms with Gasteiger partial charge in [0.05, 0.1) is 12.6 Å². The standard InChI is InChI=1S/C23H22BrN3O2/c1-2-10-26-13-20(28)27-19(23(26)29)12-17-16-8-3-4-9-18(16)25-21(17)22(27)14-6-5-7-15(24)11-14/h3-9,11,19,22,25H,2,10,12-13H2,1H3/t19-,22?/m0/s1. The summed E-state index contributed by atoms with van der Waals surface area (Å²) in [4.78, 5) is 33.7. The number of benzene rings is 2. The van der Waals surface area contributed by atoms with Gasteiger partial charge in [-0.25, -0.2) is 0 Å². The number of hydrogen-bond acceptors (Lipinski definition) is 2. The van der Waals surface area contributed by atoms with Gasteiger partial charge in [-0.05, 0) is 35.7 Å².